The number of cyclic esters (lactones) is 1. The van der Waals surface area contributed by atoms with Crippen LogP contribution in [0.15, 0.2) is 42.9 Å². The number of benzene rings is 1. The minimum absolute atomic E-state index is 0.0693. The third kappa shape index (κ3) is 4.86. The van der Waals surface area contributed by atoms with Gasteiger partial charge in [-0.3, -0.25) is 13.5 Å². The molecule has 2 aliphatic rings. The molecule has 0 radical (unpaired) electrons. The van der Waals surface area contributed by atoms with E-state index in [9.17, 15) is 28.2 Å². The summed E-state index contributed by atoms with van der Waals surface area (Å²) in [4.78, 5) is 32.4. The fraction of sp³-hybridized carbons (Fsp3) is 0.364. The first-order chi connectivity index (χ1) is 17.6. The summed E-state index contributed by atoms with van der Waals surface area (Å²) in [5.74, 6) is -1.38. The lowest BCUT2D eigenvalue weighted by atomic mass is 10.0. The molecule has 1 unspecified atom stereocenters. The standard InChI is InChI=1S/C22H23N5O9S/c23-13-7-8-24-20-17(13)25-10-27(20)21-19(30)18(29)15(35-21)9-34-37(32,33)26-16(28)6-5-14-11-3-1-2-4-12(11)22(31)36-14/h1-4,7-8,10,14-15,18-19,21,29-30H,5-6,9H2,(H2,23,24)(H,26,28)/t14?,15-,18-,19-,21-/m1/s1. The molecule has 0 saturated carbocycles. The fourth-order valence-electron chi connectivity index (χ4n) is 4.31. The highest BCUT2D eigenvalue weighted by molar-refractivity contribution is 7.85. The Morgan fingerprint density at radius 2 is 1.97 bits per heavy atom. The van der Waals surface area contributed by atoms with Crippen LogP contribution in [0.3, 0.4) is 0 Å². The van der Waals surface area contributed by atoms with Gasteiger partial charge in [-0.15, -0.1) is 0 Å². The van der Waals surface area contributed by atoms with Crippen molar-refractivity contribution in [1.82, 2.24) is 19.3 Å². The van der Waals surface area contributed by atoms with E-state index in [-0.39, 0.29) is 12.8 Å². The largest absolute Gasteiger partial charge is 0.454 e. The summed E-state index contributed by atoms with van der Waals surface area (Å²) in [7, 11) is -4.57. The molecule has 5 atom stereocenters. The van der Waals surface area contributed by atoms with E-state index < -0.39 is 59.4 Å². The summed E-state index contributed by atoms with van der Waals surface area (Å²) in [5, 5.41) is 20.9. The Bertz CT molecular complexity index is 1460. The van der Waals surface area contributed by atoms with Gasteiger partial charge in [0.2, 0.25) is 5.91 Å². The number of aliphatic hydroxyl groups excluding tert-OH is 2. The van der Waals surface area contributed by atoms with Gasteiger partial charge in [0.1, 0.15) is 29.9 Å². The molecule has 1 aromatic carbocycles. The highest BCUT2D eigenvalue weighted by atomic mass is 32.2. The number of esters is 1. The predicted octanol–water partition coefficient (Wildman–Crippen LogP) is -0.298. The zero-order valence-corrected chi connectivity index (χ0v) is 19.9. The normalized spacial score (nSPS) is 25.2. The number of pyridine rings is 1. The van der Waals surface area contributed by atoms with Gasteiger partial charge < -0.3 is 25.4 Å². The molecule has 5 rings (SSSR count). The Morgan fingerprint density at radius 1 is 1.19 bits per heavy atom. The highest BCUT2D eigenvalue weighted by Crippen LogP contribution is 2.34. The quantitative estimate of drug-likeness (QED) is 0.276. The maximum Gasteiger partial charge on any atom is 0.362 e. The van der Waals surface area contributed by atoms with Crippen molar-refractivity contribution in [2.45, 2.75) is 43.5 Å². The number of nitrogen functional groups attached to an aromatic ring is 1. The zero-order chi connectivity index (χ0) is 26.3. The second-order valence-corrected chi connectivity index (χ2v) is 9.90. The van der Waals surface area contributed by atoms with E-state index in [1.807, 2.05) is 0 Å². The van der Waals surface area contributed by atoms with Crippen molar-refractivity contribution in [2.75, 3.05) is 12.3 Å². The van der Waals surface area contributed by atoms with Crippen molar-refractivity contribution in [2.24, 2.45) is 0 Å². The lowest BCUT2D eigenvalue weighted by molar-refractivity contribution is -0.120. The minimum Gasteiger partial charge on any atom is -0.454 e. The minimum atomic E-state index is -4.57. The number of carbonyl (C=O) groups is 2. The Labute approximate surface area is 210 Å². The molecular weight excluding hydrogens is 510 g/mol. The number of carbonyl (C=O) groups excluding carboxylic acids is 2. The first kappa shape index (κ1) is 25.0. The van der Waals surface area contributed by atoms with Crippen molar-refractivity contribution in [3.8, 4) is 0 Å². The molecule has 0 bridgehead atoms. The van der Waals surface area contributed by atoms with E-state index in [0.717, 1.165) is 0 Å². The monoisotopic (exact) mass is 533 g/mol. The van der Waals surface area contributed by atoms with Gasteiger partial charge in [-0.25, -0.2) is 19.5 Å². The van der Waals surface area contributed by atoms with Crippen LogP contribution in [0.2, 0.25) is 0 Å². The Kier molecular flexibility index (Phi) is 6.55. The first-order valence-electron chi connectivity index (χ1n) is 11.2. The predicted molar refractivity (Wildman–Crippen MR) is 125 cm³/mol. The van der Waals surface area contributed by atoms with Gasteiger partial charge in [-0.2, -0.15) is 8.42 Å². The number of anilines is 1. The summed E-state index contributed by atoms with van der Waals surface area (Å²) < 4.78 is 43.4. The molecule has 2 aromatic heterocycles. The lowest BCUT2D eigenvalue weighted by Gasteiger charge is -2.16. The molecule has 14 nitrogen and oxygen atoms in total. The number of hydrogen-bond donors (Lipinski definition) is 4. The molecule has 0 aliphatic carbocycles. The van der Waals surface area contributed by atoms with Gasteiger partial charge >= 0.3 is 16.3 Å². The second-order valence-electron chi connectivity index (χ2n) is 8.55. The van der Waals surface area contributed by atoms with Crippen molar-refractivity contribution < 1.29 is 41.9 Å². The van der Waals surface area contributed by atoms with E-state index in [0.29, 0.717) is 28.0 Å². The van der Waals surface area contributed by atoms with Crippen LogP contribution in [0.25, 0.3) is 11.2 Å². The molecular formula is C22H23N5O9S. The number of nitrogens with two attached hydrogens (primary N) is 1. The van der Waals surface area contributed by atoms with Crippen molar-refractivity contribution in [1.29, 1.82) is 0 Å². The number of rotatable bonds is 8. The Hall–Kier alpha value is -3.63. The molecule has 4 heterocycles. The number of ether oxygens (including phenoxy) is 2. The topological polar surface area (TPSA) is 205 Å². The maximum absolute atomic E-state index is 12.3. The molecule has 1 saturated heterocycles. The number of imidazole rings is 1. The summed E-state index contributed by atoms with van der Waals surface area (Å²) in [5.41, 5.74) is 7.92. The molecule has 3 aromatic rings. The number of nitrogens with one attached hydrogen (secondary N) is 1. The number of aliphatic hydroxyl groups is 2. The van der Waals surface area contributed by atoms with Gasteiger partial charge in [0.05, 0.1) is 24.2 Å². The van der Waals surface area contributed by atoms with E-state index in [4.69, 9.17) is 19.4 Å². The molecule has 0 spiro atoms. The smallest absolute Gasteiger partial charge is 0.362 e. The summed E-state index contributed by atoms with van der Waals surface area (Å²) in [6, 6.07) is 8.28. The molecule has 15 heteroatoms. The third-order valence-electron chi connectivity index (χ3n) is 6.14. The van der Waals surface area contributed by atoms with Gasteiger partial charge in [0.25, 0.3) is 0 Å². The average molecular weight is 534 g/mol. The van der Waals surface area contributed by atoms with Crippen LogP contribution in [0.5, 0.6) is 0 Å². The first-order valence-corrected chi connectivity index (χ1v) is 12.6. The third-order valence-corrected chi connectivity index (χ3v) is 7.06. The Balaban J connectivity index is 1.16. The highest BCUT2D eigenvalue weighted by Gasteiger charge is 2.45. The number of aromatic nitrogens is 3. The average Bonchev–Trinajstić information content (AvgIpc) is 3.52. The van der Waals surface area contributed by atoms with E-state index in [2.05, 4.69) is 9.97 Å². The summed E-state index contributed by atoms with van der Waals surface area (Å²) in [6.07, 6.45) is -3.44. The molecule has 1 amide bonds. The molecule has 196 valence electrons. The summed E-state index contributed by atoms with van der Waals surface area (Å²) in [6.45, 7) is -0.687. The van der Waals surface area contributed by atoms with Crippen molar-refractivity contribution in [3.63, 3.8) is 0 Å². The summed E-state index contributed by atoms with van der Waals surface area (Å²) >= 11 is 0. The molecule has 5 N–H and O–H groups in total. The molecule has 2 aliphatic heterocycles. The Morgan fingerprint density at radius 3 is 2.78 bits per heavy atom. The van der Waals surface area contributed by atoms with Crippen LogP contribution in [0.1, 0.15) is 41.1 Å². The molecule has 37 heavy (non-hydrogen) atoms. The van der Waals surface area contributed by atoms with E-state index >= 15 is 0 Å². The number of nitrogens with zero attached hydrogens (tertiary/aromatic N) is 3. The zero-order valence-electron chi connectivity index (χ0n) is 19.1. The molecule has 1 fully saturated rings. The second kappa shape index (κ2) is 9.68. The number of hydrogen-bond acceptors (Lipinski definition) is 12. The SMILES string of the molecule is Nc1ccnc2c1ncn2[C@@H]1O[C@H](COS(=O)(=O)NC(=O)CCC2OC(=O)c3ccccc32)[C@@H](O)[C@H]1O. The van der Waals surface area contributed by atoms with Crippen LogP contribution in [0.4, 0.5) is 5.69 Å². The lowest BCUT2D eigenvalue weighted by Crippen LogP contribution is -2.37. The van der Waals surface area contributed by atoms with Gasteiger partial charge in [0.15, 0.2) is 11.9 Å². The number of fused-ring (bicyclic) bond motifs is 2. The van der Waals surface area contributed by atoms with Gasteiger partial charge in [0, 0.05) is 18.2 Å². The van der Waals surface area contributed by atoms with Crippen LogP contribution in [0, 0.1) is 0 Å². The van der Waals surface area contributed by atoms with E-state index in [1.54, 1.807) is 35.1 Å². The van der Waals surface area contributed by atoms with Gasteiger partial charge in [-0.05, 0) is 18.6 Å². The van der Waals surface area contributed by atoms with Crippen molar-refractivity contribution in [3.05, 3.63) is 54.0 Å². The van der Waals surface area contributed by atoms with Crippen LogP contribution < -0.4 is 10.5 Å². The van der Waals surface area contributed by atoms with Crippen molar-refractivity contribution >= 4 is 39.0 Å². The van der Waals surface area contributed by atoms with E-state index in [1.165, 1.54) is 17.1 Å². The van der Waals surface area contributed by atoms with Gasteiger partial charge in [-0.1, -0.05) is 18.2 Å². The number of amides is 1. The van der Waals surface area contributed by atoms with Crippen LogP contribution >= 0.6 is 0 Å². The maximum atomic E-state index is 12.3. The van der Waals surface area contributed by atoms with Crippen LogP contribution in [-0.2, 0) is 28.8 Å². The fourth-order valence-corrected chi connectivity index (χ4v) is 5.06. The van der Waals surface area contributed by atoms with Crippen LogP contribution in [-0.4, -0.2) is 70.0 Å².